The van der Waals surface area contributed by atoms with Crippen LogP contribution in [0.15, 0.2) is 12.7 Å². The van der Waals surface area contributed by atoms with Gasteiger partial charge >= 0.3 is 6.03 Å². The van der Waals surface area contributed by atoms with Crippen molar-refractivity contribution >= 4 is 35.4 Å². The first-order chi connectivity index (χ1) is 21.4. The number of carbonyl (C=O) groups excluding carboxylic acids is 6. The van der Waals surface area contributed by atoms with E-state index in [0.29, 0.717) is 13.0 Å². The fourth-order valence-corrected chi connectivity index (χ4v) is 6.39. The van der Waals surface area contributed by atoms with Gasteiger partial charge in [-0.2, -0.15) is 0 Å². The zero-order valence-corrected chi connectivity index (χ0v) is 30.7. The van der Waals surface area contributed by atoms with E-state index in [1.807, 2.05) is 69.2 Å². The number of carbonyl (C=O) groups is 6. The zero-order chi connectivity index (χ0) is 36.3. The molecule has 2 rings (SSSR count). The molecular weight excluding hydrogens is 600 g/mol. The number of amides is 6. The summed E-state index contributed by atoms with van der Waals surface area (Å²) >= 11 is 0. The molecule has 12 nitrogen and oxygen atoms in total. The highest BCUT2D eigenvalue weighted by molar-refractivity contribution is 6.38. The lowest BCUT2D eigenvalue weighted by Gasteiger charge is -2.38. The van der Waals surface area contributed by atoms with Crippen molar-refractivity contribution in [3.05, 3.63) is 12.7 Å². The van der Waals surface area contributed by atoms with Crippen LogP contribution < -0.4 is 26.6 Å². The molecule has 1 saturated carbocycles. The summed E-state index contributed by atoms with van der Waals surface area (Å²) in [6.45, 7) is 26.6. The first-order valence-electron chi connectivity index (χ1n) is 16.8. The van der Waals surface area contributed by atoms with E-state index in [9.17, 15) is 28.8 Å². The molecule has 0 radical (unpaired) electrons. The molecule has 1 aliphatic heterocycles. The van der Waals surface area contributed by atoms with E-state index in [-0.39, 0.29) is 36.1 Å². The van der Waals surface area contributed by atoms with E-state index >= 15 is 0 Å². The van der Waals surface area contributed by atoms with Crippen LogP contribution >= 0.6 is 0 Å². The van der Waals surface area contributed by atoms with Crippen LogP contribution in [0.2, 0.25) is 0 Å². The number of rotatable bonds is 13. The monoisotopic (exact) mass is 660 g/mol. The van der Waals surface area contributed by atoms with Crippen molar-refractivity contribution in [1.82, 2.24) is 31.5 Å². The van der Waals surface area contributed by atoms with Crippen molar-refractivity contribution in [2.75, 3.05) is 13.1 Å². The predicted octanol–water partition coefficient (Wildman–Crippen LogP) is 3.06. The van der Waals surface area contributed by atoms with Crippen LogP contribution in [0.25, 0.3) is 0 Å². The molecule has 5 N–H and O–H groups in total. The van der Waals surface area contributed by atoms with Crippen molar-refractivity contribution in [1.29, 1.82) is 0 Å². The first-order valence-corrected chi connectivity index (χ1v) is 16.8. The number of Topliss-reactive ketones (excluding diaryl/α,β-unsaturated/α-hetero) is 1. The largest absolute Gasteiger partial charge is 0.350 e. The summed E-state index contributed by atoms with van der Waals surface area (Å²) in [5.41, 5.74) is -2.11. The molecular formula is C35H60N6O6. The van der Waals surface area contributed by atoms with E-state index < -0.39 is 70.1 Å². The number of urea groups is 1. The van der Waals surface area contributed by atoms with Crippen molar-refractivity contribution < 1.29 is 28.8 Å². The molecule has 12 heteroatoms. The summed E-state index contributed by atoms with van der Waals surface area (Å²) in [5, 5.41) is 13.8. The lowest BCUT2D eigenvalue weighted by molar-refractivity contribution is -0.145. The molecule has 2 aliphatic rings. The molecule has 266 valence electrons. The average Bonchev–Trinajstić information content (AvgIpc) is 3.25. The Morgan fingerprint density at radius 3 is 1.94 bits per heavy atom. The van der Waals surface area contributed by atoms with Crippen molar-refractivity contribution in [3.8, 4) is 0 Å². The van der Waals surface area contributed by atoms with Gasteiger partial charge in [-0.25, -0.2) is 4.79 Å². The van der Waals surface area contributed by atoms with Crippen LogP contribution in [0.1, 0.15) is 102 Å². The van der Waals surface area contributed by atoms with E-state index in [0.717, 1.165) is 6.42 Å². The molecule has 0 aromatic carbocycles. The second-order valence-corrected chi connectivity index (χ2v) is 16.9. The van der Waals surface area contributed by atoms with Gasteiger partial charge in [0.05, 0.1) is 6.04 Å². The van der Waals surface area contributed by atoms with Crippen LogP contribution in [-0.2, 0) is 24.0 Å². The number of hydrogen-bond donors (Lipinski definition) is 5. The van der Waals surface area contributed by atoms with Crippen molar-refractivity contribution in [2.45, 2.75) is 132 Å². The standard InChI is InChI=1S/C35H60N6O6/c1-14-16-17-21(24(42)28(44)36-18-15-2)37-27(43)23-22-20(35(22,12)13)19-41(23)30(46)26(33(6,7)8)39-31(47)38-25(32(3,4)5)29(45)40-34(9,10)11/h15,20-23,25-26H,2,14,16-19H2,1,3-13H3,(H,36,44)(H,37,43)(H,40,45)(H2,38,39,47)/t20?,21?,22?,23-,25+,26+/m0/s1. The summed E-state index contributed by atoms with van der Waals surface area (Å²) in [7, 11) is 0. The summed E-state index contributed by atoms with van der Waals surface area (Å²) in [5.74, 6) is -2.90. The maximum Gasteiger partial charge on any atom is 0.316 e. The Kier molecular flexibility index (Phi) is 12.5. The van der Waals surface area contributed by atoms with Gasteiger partial charge in [-0.1, -0.05) is 81.2 Å². The molecule has 0 bridgehead atoms. The minimum atomic E-state index is -1.04. The predicted molar refractivity (Wildman–Crippen MR) is 182 cm³/mol. The smallest absolute Gasteiger partial charge is 0.316 e. The molecule has 0 aromatic rings. The van der Waals surface area contributed by atoms with Crippen LogP contribution in [-0.4, -0.2) is 83.1 Å². The quantitative estimate of drug-likeness (QED) is 0.151. The molecule has 1 saturated heterocycles. The van der Waals surface area contributed by atoms with Gasteiger partial charge in [-0.05, 0) is 55.3 Å². The maximum atomic E-state index is 14.3. The Bertz CT molecular complexity index is 1220. The third-order valence-corrected chi connectivity index (χ3v) is 9.16. The molecule has 2 fully saturated rings. The summed E-state index contributed by atoms with van der Waals surface area (Å²) < 4.78 is 0. The molecule has 6 atom stereocenters. The minimum Gasteiger partial charge on any atom is -0.350 e. The van der Waals surface area contributed by atoms with Crippen molar-refractivity contribution in [2.24, 2.45) is 28.1 Å². The Morgan fingerprint density at radius 1 is 0.894 bits per heavy atom. The highest BCUT2D eigenvalue weighted by Crippen LogP contribution is 2.65. The molecule has 1 heterocycles. The summed E-state index contributed by atoms with van der Waals surface area (Å²) in [6.07, 6.45) is 3.12. The molecule has 0 aromatic heterocycles. The summed E-state index contributed by atoms with van der Waals surface area (Å²) in [6, 6.07) is -4.53. The van der Waals surface area contributed by atoms with E-state index in [2.05, 4.69) is 47.0 Å². The van der Waals surface area contributed by atoms with E-state index in [1.54, 1.807) is 0 Å². The van der Waals surface area contributed by atoms with Crippen molar-refractivity contribution in [3.63, 3.8) is 0 Å². The van der Waals surface area contributed by atoms with Crippen LogP contribution in [0, 0.1) is 28.1 Å². The third kappa shape index (κ3) is 10.0. The molecule has 3 unspecified atom stereocenters. The van der Waals surface area contributed by atoms with Gasteiger partial charge in [0.25, 0.3) is 5.91 Å². The fraction of sp³-hybridized carbons (Fsp3) is 0.771. The Balaban J connectivity index is 2.35. The van der Waals surface area contributed by atoms with Crippen LogP contribution in [0.5, 0.6) is 0 Å². The molecule has 0 spiro atoms. The minimum absolute atomic E-state index is 0.0590. The number of piperidine rings is 1. The number of unbranched alkanes of at least 4 members (excludes halogenated alkanes) is 1. The Hall–Kier alpha value is -3.44. The molecule has 6 amide bonds. The number of nitrogens with one attached hydrogen (secondary N) is 5. The second kappa shape index (κ2) is 14.8. The average molecular weight is 661 g/mol. The van der Waals surface area contributed by atoms with Gasteiger partial charge in [0, 0.05) is 18.6 Å². The topological polar surface area (TPSA) is 166 Å². The number of likely N-dealkylation sites (tertiary alicyclic amines) is 1. The van der Waals surface area contributed by atoms with Gasteiger partial charge in [-0.3, -0.25) is 24.0 Å². The van der Waals surface area contributed by atoms with Gasteiger partial charge < -0.3 is 31.5 Å². The second-order valence-electron chi connectivity index (χ2n) is 16.9. The van der Waals surface area contributed by atoms with Gasteiger partial charge in [0.2, 0.25) is 23.5 Å². The van der Waals surface area contributed by atoms with Gasteiger partial charge in [0.15, 0.2) is 0 Å². The maximum absolute atomic E-state index is 14.3. The third-order valence-electron chi connectivity index (χ3n) is 9.16. The highest BCUT2D eigenvalue weighted by Gasteiger charge is 2.70. The Morgan fingerprint density at radius 2 is 1.45 bits per heavy atom. The number of hydrogen-bond acceptors (Lipinski definition) is 6. The van der Waals surface area contributed by atoms with Crippen LogP contribution in [0.4, 0.5) is 4.79 Å². The molecule has 1 aliphatic carbocycles. The highest BCUT2D eigenvalue weighted by atomic mass is 16.2. The lowest BCUT2D eigenvalue weighted by Crippen LogP contribution is -2.63. The first kappa shape index (κ1) is 39.7. The number of nitrogens with zero attached hydrogens (tertiary/aromatic N) is 1. The molecule has 47 heavy (non-hydrogen) atoms. The normalized spacial score (nSPS) is 22.1. The van der Waals surface area contributed by atoms with Gasteiger partial charge in [0.1, 0.15) is 18.1 Å². The zero-order valence-electron chi connectivity index (χ0n) is 30.7. The fourth-order valence-electron chi connectivity index (χ4n) is 6.39. The summed E-state index contributed by atoms with van der Waals surface area (Å²) in [4.78, 5) is 82.0. The van der Waals surface area contributed by atoms with E-state index in [4.69, 9.17) is 0 Å². The van der Waals surface area contributed by atoms with Crippen LogP contribution in [0.3, 0.4) is 0 Å². The lowest BCUT2D eigenvalue weighted by atomic mass is 9.84. The Labute approximate surface area is 281 Å². The number of ketones is 1. The number of fused-ring (bicyclic) bond motifs is 1. The van der Waals surface area contributed by atoms with E-state index in [1.165, 1.54) is 11.0 Å². The SMILES string of the molecule is C=CCNC(=O)C(=O)C(CCCC)NC(=O)[C@@H]1C2C(CN1C(=O)[C@@H](NC(=O)N[C@H](C(=O)NC(C)(C)C)C(C)(C)C)C(C)(C)C)C2(C)C. The van der Waals surface area contributed by atoms with Gasteiger partial charge in [-0.15, -0.1) is 6.58 Å².